The molecule has 2 aromatic carbocycles. The Balaban J connectivity index is 2.41. The van der Waals surface area contributed by atoms with Crippen LogP contribution in [0.5, 0.6) is 0 Å². The first-order chi connectivity index (χ1) is 12.8. The Labute approximate surface area is 186 Å². The summed E-state index contributed by atoms with van der Waals surface area (Å²) in [4.78, 5) is 4.57. The highest BCUT2D eigenvalue weighted by molar-refractivity contribution is 6.47. The van der Waals surface area contributed by atoms with Crippen LogP contribution in [-0.4, -0.2) is 4.98 Å². The highest BCUT2D eigenvalue weighted by Gasteiger charge is 2.22. The molecule has 3 rings (SSSR count). The highest BCUT2D eigenvalue weighted by Crippen LogP contribution is 2.46. The fourth-order valence-corrected chi connectivity index (χ4v) is 4.03. The van der Waals surface area contributed by atoms with Gasteiger partial charge < -0.3 is 0 Å². The van der Waals surface area contributed by atoms with Crippen LogP contribution in [0.25, 0.3) is 22.4 Å². The third-order valence-corrected chi connectivity index (χ3v) is 6.05. The van der Waals surface area contributed by atoms with Gasteiger partial charge in [-0.15, -0.1) is 0 Å². The van der Waals surface area contributed by atoms with Gasteiger partial charge in [0.25, 0.3) is 0 Å². The molecule has 136 valence electrons. The first kappa shape index (κ1) is 20.6. The monoisotopic (exact) mass is 474 g/mol. The molecule has 0 radical (unpaired) electrons. The van der Waals surface area contributed by atoms with Crippen LogP contribution in [0, 0.1) is 11.3 Å². The van der Waals surface area contributed by atoms with Gasteiger partial charge in [-0.3, -0.25) is 4.98 Å². The number of hydrogen-bond acceptors (Lipinski definition) is 2. The molecule has 0 amide bonds. The molecule has 3 aromatic rings. The molecule has 1 heterocycles. The molecule has 27 heavy (non-hydrogen) atoms. The predicted molar refractivity (Wildman–Crippen MR) is 114 cm³/mol. The first-order valence-corrected chi connectivity index (χ1v) is 9.76. The summed E-state index contributed by atoms with van der Waals surface area (Å²) >= 11 is 38.0. The molecule has 0 bridgehead atoms. The van der Waals surface area contributed by atoms with E-state index >= 15 is 0 Å². The van der Waals surface area contributed by atoms with Crippen LogP contribution in [0.15, 0.2) is 36.4 Å². The normalized spacial score (nSPS) is 10.7. The van der Waals surface area contributed by atoms with Gasteiger partial charge in [-0.05, 0) is 30.3 Å². The van der Waals surface area contributed by atoms with Crippen molar-refractivity contribution in [2.24, 2.45) is 0 Å². The number of nitrogens with zero attached hydrogens (tertiary/aromatic N) is 2. The Kier molecular flexibility index (Phi) is 6.43. The number of hydrogen-bond donors (Lipinski definition) is 0. The van der Waals surface area contributed by atoms with Crippen LogP contribution in [0.3, 0.4) is 0 Å². The zero-order valence-electron chi connectivity index (χ0n) is 13.3. The van der Waals surface area contributed by atoms with Crippen molar-refractivity contribution in [3.05, 3.63) is 72.2 Å². The van der Waals surface area contributed by atoms with Crippen molar-refractivity contribution < 1.29 is 0 Å². The summed E-state index contributed by atoms with van der Waals surface area (Å²) < 4.78 is 0. The molecule has 0 fully saturated rings. The van der Waals surface area contributed by atoms with Gasteiger partial charge in [-0.25, -0.2) is 0 Å². The number of nitriles is 1. The molecule has 0 unspecified atom stereocenters. The molecule has 0 aliphatic heterocycles. The molecule has 1 aromatic heterocycles. The summed E-state index contributed by atoms with van der Waals surface area (Å²) in [7, 11) is 0. The molecule has 0 saturated carbocycles. The summed E-state index contributed by atoms with van der Waals surface area (Å²) in [6, 6.07) is 12.0. The van der Waals surface area contributed by atoms with Crippen molar-refractivity contribution in [1.29, 1.82) is 5.26 Å². The molecule has 0 atom stereocenters. The second-order valence-electron chi connectivity index (χ2n) is 5.47. The van der Waals surface area contributed by atoms with E-state index in [0.717, 1.165) is 0 Å². The van der Waals surface area contributed by atoms with Gasteiger partial charge >= 0.3 is 0 Å². The number of rotatable bonds is 3. The number of benzene rings is 2. The third-order valence-electron chi connectivity index (χ3n) is 3.81. The number of aromatic nitrogens is 1. The van der Waals surface area contributed by atoms with Crippen LogP contribution in [0.2, 0.25) is 30.1 Å². The Morgan fingerprint density at radius 1 is 0.704 bits per heavy atom. The summed E-state index contributed by atoms with van der Waals surface area (Å²) in [6.07, 6.45) is 0.111. The summed E-state index contributed by atoms with van der Waals surface area (Å²) in [5, 5.41) is 10.9. The molecule has 0 N–H and O–H groups in total. The zero-order valence-corrected chi connectivity index (χ0v) is 17.9. The van der Waals surface area contributed by atoms with E-state index < -0.39 is 0 Å². The maximum Gasteiger partial charge on any atom is 0.0815 e. The molecule has 0 spiro atoms. The van der Waals surface area contributed by atoms with E-state index in [1.54, 1.807) is 36.4 Å². The topological polar surface area (TPSA) is 36.7 Å². The smallest absolute Gasteiger partial charge is 0.0815 e. The van der Waals surface area contributed by atoms with Crippen LogP contribution < -0.4 is 0 Å². The van der Waals surface area contributed by atoms with Gasteiger partial charge in [0, 0.05) is 16.7 Å². The molecular weight excluding hydrogens is 469 g/mol. The minimum atomic E-state index is 0.111. The van der Waals surface area contributed by atoms with E-state index in [4.69, 9.17) is 74.9 Å². The van der Waals surface area contributed by atoms with E-state index in [2.05, 4.69) is 11.1 Å². The van der Waals surface area contributed by atoms with Crippen molar-refractivity contribution >= 4 is 69.6 Å². The number of halogens is 6. The molecule has 0 aliphatic rings. The average molecular weight is 477 g/mol. The number of pyridine rings is 1. The molecular formula is C19H8Cl6N2. The minimum absolute atomic E-state index is 0.111. The van der Waals surface area contributed by atoms with Crippen LogP contribution in [0.4, 0.5) is 0 Å². The lowest BCUT2D eigenvalue weighted by Crippen LogP contribution is -1.97. The lowest BCUT2D eigenvalue weighted by atomic mass is 9.98. The second kappa shape index (κ2) is 8.45. The standard InChI is InChI=1S/C19H8Cl6N2/c20-11-3-5-13(22)17(24)15(11)10-2-1-9(7-8-26)27-19(10)16-12(21)4-6-14(23)18(16)25/h1-6H,7H2. The lowest BCUT2D eigenvalue weighted by Gasteiger charge is -2.16. The Bertz CT molecular complexity index is 1090. The summed E-state index contributed by atoms with van der Waals surface area (Å²) in [6.45, 7) is 0. The van der Waals surface area contributed by atoms with E-state index in [0.29, 0.717) is 48.2 Å². The third kappa shape index (κ3) is 4.00. The van der Waals surface area contributed by atoms with Crippen molar-refractivity contribution in [2.75, 3.05) is 0 Å². The maximum atomic E-state index is 9.02. The van der Waals surface area contributed by atoms with Gasteiger partial charge in [-0.1, -0.05) is 75.7 Å². The SMILES string of the molecule is N#CCc1ccc(-c2c(Cl)ccc(Cl)c2Cl)c(-c2c(Cl)ccc(Cl)c2Cl)n1. The van der Waals surface area contributed by atoms with Gasteiger partial charge in [0.2, 0.25) is 0 Å². The Hall–Kier alpha value is -1.18. The zero-order chi connectivity index (χ0) is 19.7. The van der Waals surface area contributed by atoms with Crippen LogP contribution in [-0.2, 0) is 6.42 Å². The molecule has 2 nitrogen and oxygen atoms in total. The van der Waals surface area contributed by atoms with Gasteiger partial charge in [-0.2, -0.15) is 5.26 Å². The molecule has 0 saturated heterocycles. The molecule has 0 aliphatic carbocycles. The lowest BCUT2D eigenvalue weighted by molar-refractivity contribution is 1.12. The van der Waals surface area contributed by atoms with Gasteiger partial charge in [0.15, 0.2) is 0 Å². The fourth-order valence-electron chi connectivity index (χ4n) is 2.59. The van der Waals surface area contributed by atoms with Crippen molar-refractivity contribution in [2.45, 2.75) is 6.42 Å². The van der Waals surface area contributed by atoms with Gasteiger partial charge in [0.1, 0.15) is 0 Å². The quantitative estimate of drug-likeness (QED) is 0.356. The van der Waals surface area contributed by atoms with Gasteiger partial charge in [0.05, 0.1) is 54.0 Å². The maximum absolute atomic E-state index is 9.02. The average Bonchev–Trinajstić information content (AvgIpc) is 2.64. The minimum Gasteiger partial charge on any atom is -0.251 e. The second-order valence-corrected chi connectivity index (χ2v) is 7.85. The summed E-state index contributed by atoms with van der Waals surface area (Å²) in [5.41, 5.74) is 2.43. The van der Waals surface area contributed by atoms with Crippen molar-refractivity contribution in [3.63, 3.8) is 0 Å². The van der Waals surface area contributed by atoms with E-state index in [9.17, 15) is 0 Å². The van der Waals surface area contributed by atoms with E-state index in [-0.39, 0.29) is 16.5 Å². The Morgan fingerprint density at radius 3 is 1.81 bits per heavy atom. The van der Waals surface area contributed by atoms with Crippen LogP contribution >= 0.6 is 69.6 Å². The predicted octanol–water partition coefficient (Wildman–Crippen LogP) is 8.40. The fraction of sp³-hybridized carbons (Fsp3) is 0.0526. The van der Waals surface area contributed by atoms with Crippen LogP contribution in [0.1, 0.15) is 5.69 Å². The first-order valence-electron chi connectivity index (χ1n) is 7.49. The summed E-state index contributed by atoms with van der Waals surface area (Å²) in [5.74, 6) is 0. The van der Waals surface area contributed by atoms with E-state index in [1.807, 2.05) is 0 Å². The molecule has 8 heteroatoms. The van der Waals surface area contributed by atoms with E-state index in [1.165, 1.54) is 0 Å². The highest BCUT2D eigenvalue weighted by atomic mass is 35.5. The van der Waals surface area contributed by atoms with Crippen molar-refractivity contribution in [1.82, 2.24) is 4.98 Å². The Morgan fingerprint density at radius 2 is 1.22 bits per heavy atom. The largest absolute Gasteiger partial charge is 0.251 e. The van der Waals surface area contributed by atoms with Crippen molar-refractivity contribution in [3.8, 4) is 28.5 Å².